The Kier molecular flexibility index (Phi) is 9.82. The van der Waals surface area contributed by atoms with Crippen LogP contribution in [0.4, 0.5) is 24.7 Å². The molecule has 0 amide bonds. The van der Waals surface area contributed by atoms with Crippen LogP contribution in [0.1, 0.15) is 48.5 Å². The summed E-state index contributed by atoms with van der Waals surface area (Å²) in [7, 11) is -3.48. The predicted octanol–water partition coefficient (Wildman–Crippen LogP) is 4.11. The zero-order valence-electron chi connectivity index (χ0n) is 24.5. The molecule has 3 aliphatic heterocycles. The number of carbonyl (C=O) groups excluding carboxylic acids is 1. The summed E-state index contributed by atoms with van der Waals surface area (Å²) >= 11 is 0. The Morgan fingerprint density at radius 2 is 1.56 bits per heavy atom. The Morgan fingerprint density at radius 3 is 2.16 bits per heavy atom. The van der Waals surface area contributed by atoms with Crippen molar-refractivity contribution in [2.24, 2.45) is 5.92 Å². The van der Waals surface area contributed by atoms with E-state index >= 15 is 0 Å². The first-order chi connectivity index (χ1) is 20.5. The maximum absolute atomic E-state index is 13.4. The van der Waals surface area contributed by atoms with Crippen LogP contribution in [0.2, 0.25) is 0 Å². The van der Waals surface area contributed by atoms with Gasteiger partial charge in [-0.2, -0.15) is 17.5 Å². The minimum atomic E-state index is -4.45. The third-order valence-corrected chi connectivity index (χ3v) is 11.2. The van der Waals surface area contributed by atoms with Crippen molar-refractivity contribution in [3.8, 4) is 0 Å². The van der Waals surface area contributed by atoms with Crippen LogP contribution in [0.25, 0.3) is 0 Å². The van der Waals surface area contributed by atoms with Gasteiger partial charge in [0.05, 0.1) is 23.0 Å². The lowest BCUT2D eigenvalue weighted by molar-refractivity contribution is -0.137. The van der Waals surface area contributed by atoms with Crippen molar-refractivity contribution in [3.63, 3.8) is 0 Å². The second-order valence-electron chi connectivity index (χ2n) is 11.5. The van der Waals surface area contributed by atoms with Gasteiger partial charge in [0.1, 0.15) is 5.82 Å². The molecule has 3 fully saturated rings. The Bertz CT molecular complexity index is 1330. The summed E-state index contributed by atoms with van der Waals surface area (Å²) < 4.78 is 72.7. The van der Waals surface area contributed by atoms with Gasteiger partial charge in [-0.3, -0.25) is 0 Å². The first-order valence-electron chi connectivity index (χ1n) is 15.1. The molecule has 0 spiro atoms. The van der Waals surface area contributed by atoms with E-state index in [1.165, 1.54) is 4.31 Å². The summed E-state index contributed by atoms with van der Waals surface area (Å²) in [5, 5.41) is -0.429. The molecular formula is C30H40F3N5O4S. The molecule has 3 saturated heterocycles. The number of ether oxygens (including phenoxy) is 1. The lowest BCUT2D eigenvalue weighted by atomic mass is 9.95. The van der Waals surface area contributed by atoms with Gasteiger partial charge >= 0.3 is 12.1 Å². The third kappa shape index (κ3) is 7.61. The van der Waals surface area contributed by atoms with Crippen molar-refractivity contribution < 1.29 is 31.1 Å². The molecule has 0 saturated carbocycles. The quantitative estimate of drug-likeness (QED) is 0.407. The van der Waals surface area contributed by atoms with Crippen molar-refractivity contribution in [3.05, 3.63) is 53.7 Å². The van der Waals surface area contributed by atoms with Gasteiger partial charge in [-0.15, -0.1) is 0 Å². The predicted molar refractivity (Wildman–Crippen MR) is 159 cm³/mol. The smallest absolute Gasteiger partial charge is 0.416 e. The second-order valence-corrected chi connectivity index (χ2v) is 13.7. The maximum atomic E-state index is 13.4. The Hall–Kier alpha value is -2.90. The number of likely N-dealkylation sites (tertiary alicyclic amines) is 1. The van der Waals surface area contributed by atoms with Crippen LogP contribution < -0.4 is 9.80 Å². The van der Waals surface area contributed by atoms with Crippen LogP contribution in [0.5, 0.6) is 0 Å². The number of pyridine rings is 1. The number of halogens is 3. The molecule has 5 rings (SSSR count). The fraction of sp³-hybridized carbons (Fsp3) is 0.600. The molecule has 236 valence electrons. The topological polar surface area (TPSA) is 86.3 Å². The van der Waals surface area contributed by atoms with E-state index in [4.69, 9.17) is 4.74 Å². The number of benzene rings is 1. The molecule has 0 bridgehead atoms. The summed E-state index contributed by atoms with van der Waals surface area (Å²) in [6.45, 7) is 7.57. The summed E-state index contributed by atoms with van der Waals surface area (Å²) in [6, 6.07) is 9.53. The van der Waals surface area contributed by atoms with Gasteiger partial charge in [-0.1, -0.05) is 0 Å². The normalized spacial score (nSPS) is 20.4. The molecular weight excluding hydrogens is 583 g/mol. The summed E-state index contributed by atoms with van der Waals surface area (Å²) in [4.78, 5) is 22.4. The first-order valence-corrected chi connectivity index (χ1v) is 16.6. The molecule has 3 aliphatic rings. The van der Waals surface area contributed by atoms with E-state index < -0.39 is 27.0 Å². The zero-order valence-corrected chi connectivity index (χ0v) is 25.3. The molecule has 9 nitrogen and oxygen atoms in total. The monoisotopic (exact) mass is 623 g/mol. The molecule has 0 atom stereocenters. The van der Waals surface area contributed by atoms with Crippen LogP contribution in [-0.4, -0.2) is 99.3 Å². The SMILES string of the molecule is CCOC(=O)c1ccc(N2CCC(CN3CCC(S(=O)(=O)N4CCN(c5cc(C(F)(F)F)ccn5)CC4)CC3)CC2)cc1. The number of hydrogen-bond donors (Lipinski definition) is 0. The Morgan fingerprint density at radius 1 is 0.907 bits per heavy atom. The number of anilines is 2. The van der Waals surface area contributed by atoms with Crippen LogP contribution in [-0.2, 0) is 20.9 Å². The highest BCUT2D eigenvalue weighted by Gasteiger charge is 2.37. The van der Waals surface area contributed by atoms with Gasteiger partial charge in [0.15, 0.2) is 0 Å². The molecule has 4 heterocycles. The van der Waals surface area contributed by atoms with Gasteiger partial charge in [0.25, 0.3) is 0 Å². The van der Waals surface area contributed by atoms with E-state index in [9.17, 15) is 26.4 Å². The van der Waals surface area contributed by atoms with Gasteiger partial charge in [0, 0.05) is 57.7 Å². The average Bonchev–Trinajstić information content (AvgIpc) is 3.02. The average molecular weight is 624 g/mol. The lowest BCUT2D eigenvalue weighted by Crippen LogP contribution is -2.53. The number of sulfonamides is 1. The van der Waals surface area contributed by atoms with Gasteiger partial charge in [-0.05, 0) is 88.0 Å². The number of alkyl halides is 3. The molecule has 2 aromatic rings. The number of nitrogens with zero attached hydrogens (tertiary/aromatic N) is 5. The van der Waals surface area contributed by atoms with E-state index in [0.717, 1.165) is 69.6 Å². The van der Waals surface area contributed by atoms with Gasteiger partial charge in [-0.25, -0.2) is 18.2 Å². The van der Waals surface area contributed by atoms with Crippen molar-refractivity contribution in [1.82, 2.24) is 14.2 Å². The zero-order chi connectivity index (χ0) is 30.6. The maximum Gasteiger partial charge on any atom is 0.416 e. The van der Waals surface area contributed by atoms with Gasteiger partial charge < -0.3 is 19.4 Å². The summed E-state index contributed by atoms with van der Waals surface area (Å²) in [5.41, 5.74) is 0.900. The highest BCUT2D eigenvalue weighted by atomic mass is 32.2. The second kappa shape index (κ2) is 13.4. The van der Waals surface area contributed by atoms with Crippen molar-refractivity contribution in [2.45, 2.75) is 44.0 Å². The number of piperazine rings is 1. The molecule has 0 aliphatic carbocycles. The molecule has 13 heteroatoms. The van der Waals surface area contributed by atoms with Crippen molar-refractivity contribution in [1.29, 1.82) is 0 Å². The molecule has 0 radical (unpaired) electrons. The van der Waals surface area contributed by atoms with Crippen LogP contribution >= 0.6 is 0 Å². The first kappa shape index (κ1) is 31.5. The molecule has 1 aromatic heterocycles. The fourth-order valence-electron chi connectivity index (χ4n) is 6.30. The Balaban J connectivity index is 1.05. The lowest BCUT2D eigenvalue weighted by Gasteiger charge is -2.40. The molecule has 43 heavy (non-hydrogen) atoms. The van der Waals surface area contributed by atoms with E-state index in [2.05, 4.69) is 14.8 Å². The van der Waals surface area contributed by atoms with Crippen molar-refractivity contribution >= 4 is 27.5 Å². The third-order valence-electron chi connectivity index (χ3n) is 8.83. The number of rotatable bonds is 8. The fourth-order valence-corrected chi connectivity index (χ4v) is 8.20. The number of piperidine rings is 2. The number of carbonyl (C=O) groups is 1. The molecule has 1 aromatic carbocycles. The van der Waals surface area contributed by atoms with Crippen molar-refractivity contribution in [2.75, 3.05) is 75.3 Å². The van der Waals surface area contributed by atoms with Gasteiger partial charge in [0.2, 0.25) is 10.0 Å². The highest BCUT2D eigenvalue weighted by molar-refractivity contribution is 7.89. The van der Waals surface area contributed by atoms with E-state index in [1.807, 2.05) is 24.3 Å². The highest BCUT2D eigenvalue weighted by Crippen LogP contribution is 2.32. The number of esters is 1. The number of aromatic nitrogens is 1. The van der Waals surface area contributed by atoms with Crippen LogP contribution in [0.3, 0.4) is 0 Å². The number of hydrogen-bond acceptors (Lipinski definition) is 8. The van der Waals surface area contributed by atoms with Crippen LogP contribution in [0.15, 0.2) is 42.6 Å². The van der Waals surface area contributed by atoms with Crippen LogP contribution in [0, 0.1) is 5.92 Å². The molecule has 0 N–H and O–H groups in total. The minimum absolute atomic E-state index is 0.220. The Labute approximate surface area is 251 Å². The summed E-state index contributed by atoms with van der Waals surface area (Å²) in [5.74, 6) is 0.470. The largest absolute Gasteiger partial charge is 0.462 e. The van der Waals surface area contributed by atoms with E-state index in [1.54, 1.807) is 11.8 Å². The van der Waals surface area contributed by atoms with E-state index in [-0.39, 0.29) is 24.9 Å². The standard InChI is InChI=1S/C30H40F3N5O4S/c1-2-42-29(39)24-3-5-26(6-4-24)36-15-8-23(9-16-36)22-35-13-10-27(11-14-35)43(40,41)38-19-17-37(18-20-38)28-21-25(7-12-34-28)30(31,32)33/h3-7,12,21,23,27H,2,8-11,13-20,22H2,1H3. The van der Waals surface area contributed by atoms with E-state index in [0.29, 0.717) is 44.0 Å². The minimum Gasteiger partial charge on any atom is -0.462 e. The summed E-state index contributed by atoms with van der Waals surface area (Å²) in [6.07, 6.45) is -0.0142. The molecule has 0 unspecified atom stereocenters.